The number of hydrogen-bond acceptors (Lipinski definition) is 2. The molecule has 102 valence electrons. The van der Waals surface area contributed by atoms with Crippen molar-refractivity contribution in [2.24, 2.45) is 0 Å². The first-order valence-electron chi connectivity index (χ1n) is 6.70. The maximum Gasteiger partial charge on any atom is 0.123 e. The molecule has 18 heavy (non-hydrogen) atoms. The van der Waals surface area contributed by atoms with Crippen LogP contribution in [0.3, 0.4) is 0 Å². The van der Waals surface area contributed by atoms with Crippen molar-refractivity contribution in [1.82, 2.24) is 5.32 Å². The van der Waals surface area contributed by atoms with E-state index in [0.717, 1.165) is 30.0 Å². The summed E-state index contributed by atoms with van der Waals surface area (Å²) in [6, 6.07) is 7.49. The third kappa shape index (κ3) is 5.87. The SMILES string of the molecule is CCSCCC(CNC(C)C)c1cccc(F)c1. The second kappa shape index (κ2) is 8.54. The fraction of sp³-hybridized carbons (Fsp3) is 0.600. The summed E-state index contributed by atoms with van der Waals surface area (Å²) in [5, 5.41) is 3.46. The molecule has 1 N–H and O–H groups in total. The highest BCUT2D eigenvalue weighted by Gasteiger charge is 2.12. The molecule has 1 rings (SSSR count). The Morgan fingerprint density at radius 2 is 2.11 bits per heavy atom. The van der Waals surface area contributed by atoms with Crippen molar-refractivity contribution < 1.29 is 4.39 Å². The molecule has 1 aromatic carbocycles. The second-order valence-corrected chi connectivity index (χ2v) is 6.19. The molecule has 0 amide bonds. The molecule has 0 bridgehead atoms. The molecular formula is C15H24FNS. The van der Waals surface area contributed by atoms with Gasteiger partial charge in [0.05, 0.1) is 0 Å². The van der Waals surface area contributed by atoms with E-state index in [-0.39, 0.29) is 5.82 Å². The summed E-state index contributed by atoms with van der Waals surface area (Å²) in [5.41, 5.74) is 1.11. The van der Waals surface area contributed by atoms with Crippen LogP contribution in [-0.4, -0.2) is 24.1 Å². The van der Waals surface area contributed by atoms with Crippen LogP contribution in [-0.2, 0) is 0 Å². The van der Waals surface area contributed by atoms with Crippen LogP contribution in [0.2, 0.25) is 0 Å². The van der Waals surface area contributed by atoms with Crippen molar-refractivity contribution in [3.8, 4) is 0 Å². The fourth-order valence-corrected chi connectivity index (χ4v) is 2.63. The van der Waals surface area contributed by atoms with Crippen LogP contribution < -0.4 is 5.32 Å². The van der Waals surface area contributed by atoms with E-state index in [9.17, 15) is 4.39 Å². The van der Waals surface area contributed by atoms with E-state index in [1.54, 1.807) is 12.1 Å². The third-order valence-electron chi connectivity index (χ3n) is 2.91. The summed E-state index contributed by atoms with van der Waals surface area (Å²) in [7, 11) is 0. The van der Waals surface area contributed by atoms with Gasteiger partial charge in [-0.15, -0.1) is 0 Å². The van der Waals surface area contributed by atoms with Crippen molar-refractivity contribution in [1.29, 1.82) is 0 Å². The number of halogens is 1. The predicted octanol–water partition coefficient (Wildman–Crippen LogP) is 4.05. The average molecular weight is 269 g/mol. The van der Waals surface area contributed by atoms with Crippen molar-refractivity contribution in [2.75, 3.05) is 18.1 Å². The molecule has 0 saturated carbocycles. The van der Waals surface area contributed by atoms with E-state index in [1.165, 1.54) is 6.07 Å². The van der Waals surface area contributed by atoms with Gasteiger partial charge in [0.2, 0.25) is 0 Å². The molecule has 1 atom stereocenters. The number of hydrogen-bond donors (Lipinski definition) is 1. The second-order valence-electron chi connectivity index (χ2n) is 4.80. The van der Waals surface area contributed by atoms with Crippen LogP contribution >= 0.6 is 11.8 Å². The molecule has 0 aliphatic rings. The Morgan fingerprint density at radius 1 is 1.33 bits per heavy atom. The molecule has 0 fully saturated rings. The van der Waals surface area contributed by atoms with Crippen LogP contribution in [0.15, 0.2) is 24.3 Å². The molecule has 0 aliphatic carbocycles. The van der Waals surface area contributed by atoms with Crippen LogP contribution in [0, 0.1) is 5.82 Å². The maximum atomic E-state index is 13.3. The Labute approximate surface area is 115 Å². The molecule has 3 heteroatoms. The lowest BCUT2D eigenvalue weighted by Gasteiger charge is -2.19. The van der Waals surface area contributed by atoms with Crippen molar-refractivity contribution in [3.05, 3.63) is 35.6 Å². The monoisotopic (exact) mass is 269 g/mol. The quantitative estimate of drug-likeness (QED) is 0.715. The third-order valence-corrected chi connectivity index (χ3v) is 3.84. The summed E-state index contributed by atoms with van der Waals surface area (Å²) >= 11 is 1.95. The molecular weight excluding hydrogens is 245 g/mol. The molecule has 0 aromatic heterocycles. The summed E-state index contributed by atoms with van der Waals surface area (Å²) in [4.78, 5) is 0. The standard InChI is InChI=1S/C15H24FNS/c1-4-18-9-8-14(11-17-12(2)3)13-6-5-7-15(16)10-13/h5-7,10,12,14,17H,4,8-9,11H2,1-3H3. The van der Waals surface area contributed by atoms with E-state index in [4.69, 9.17) is 0 Å². The Kier molecular flexibility index (Phi) is 7.36. The molecule has 0 spiro atoms. The van der Waals surface area contributed by atoms with Crippen LogP contribution in [0.4, 0.5) is 4.39 Å². The highest BCUT2D eigenvalue weighted by Crippen LogP contribution is 2.22. The fourth-order valence-electron chi connectivity index (χ4n) is 1.89. The minimum absolute atomic E-state index is 0.134. The molecule has 1 unspecified atom stereocenters. The minimum atomic E-state index is -0.134. The van der Waals surface area contributed by atoms with Gasteiger partial charge in [-0.25, -0.2) is 4.39 Å². The van der Waals surface area contributed by atoms with Gasteiger partial charge in [0, 0.05) is 12.6 Å². The zero-order chi connectivity index (χ0) is 13.4. The molecule has 0 radical (unpaired) electrons. The summed E-state index contributed by atoms with van der Waals surface area (Å²) < 4.78 is 13.3. The highest BCUT2D eigenvalue weighted by atomic mass is 32.2. The van der Waals surface area contributed by atoms with Gasteiger partial charge < -0.3 is 5.32 Å². The maximum absolute atomic E-state index is 13.3. The van der Waals surface area contributed by atoms with E-state index in [2.05, 4.69) is 26.1 Å². The van der Waals surface area contributed by atoms with Gasteiger partial charge in [-0.05, 0) is 41.5 Å². The predicted molar refractivity (Wildman–Crippen MR) is 79.9 cm³/mol. The Balaban J connectivity index is 2.63. The van der Waals surface area contributed by atoms with Gasteiger partial charge in [-0.2, -0.15) is 11.8 Å². The number of thioether (sulfide) groups is 1. The molecule has 1 aromatic rings. The average Bonchev–Trinajstić information content (AvgIpc) is 2.33. The highest BCUT2D eigenvalue weighted by molar-refractivity contribution is 7.99. The van der Waals surface area contributed by atoms with E-state index in [1.807, 2.05) is 17.8 Å². The lowest BCUT2D eigenvalue weighted by Crippen LogP contribution is -2.28. The Hall–Kier alpha value is -0.540. The van der Waals surface area contributed by atoms with Crippen molar-refractivity contribution in [3.63, 3.8) is 0 Å². The topological polar surface area (TPSA) is 12.0 Å². The van der Waals surface area contributed by atoms with Gasteiger partial charge >= 0.3 is 0 Å². The lowest BCUT2D eigenvalue weighted by molar-refractivity contribution is 0.519. The summed E-state index contributed by atoms with van der Waals surface area (Å²) in [6.07, 6.45) is 1.10. The Morgan fingerprint density at radius 3 is 2.72 bits per heavy atom. The largest absolute Gasteiger partial charge is 0.314 e. The zero-order valence-corrected chi connectivity index (χ0v) is 12.4. The van der Waals surface area contributed by atoms with Gasteiger partial charge in [0.15, 0.2) is 0 Å². The normalized spacial score (nSPS) is 12.9. The zero-order valence-electron chi connectivity index (χ0n) is 11.6. The number of benzene rings is 1. The van der Waals surface area contributed by atoms with Crippen molar-refractivity contribution in [2.45, 2.75) is 39.2 Å². The lowest BCUT2D eigenvalue weighted by atomic mass is 9.96. The van der Waals surface area contributed by atoms with Gasteiger partial charge in [-0.3, -0.25) is 0 Å². The van der Waals surface area contributed by atoms with E-state index >= 15 is 0 Å². The molecule has 0 aliphatic heterocycles. The van der Waals surface area contributed by atoms with Gasteiger partial charge in [0.1, 0.15) is 5.82 Å². The van der Waals surface area contributed by atoms with Crippen LogP contribution in [0.25, 0.3) is 0 Å². The molecule has 0 saturated heterocycles. The van der Waals surface area contributed by atoms with E-state index < -0.39 is 0 Å². The molecule has 0 heterocycles. The first-order valence-corrected chi connectivity index (χ1v) is 7.85. The van der Waals surface area contributed by atoms with Gasteiger partial charge in [0.25, 0.3) is 0 Å². The smallest absolute Gasteiger partial charge is 0.123 e. The van der Waals surface area contributed by atoms with Gasteiger partial charge in [-0.1, -0.05) is 32.9 Å². The number of nitrogens with one attached hydrogen (secondary N) is 1. The van der Waals surface area contributed by atoms with E-state index in [0.29, 0.717) is 12.0 Å². The molecule has 1 nitrogen and oxygen atoms in total. The van der Waals surface area contributed by atoms with Crippen LogP contribution in [0.5, 0.6) is 0 Å². The Bertz CT molecular complexity index is 341. The summed E-state index contributed by atoms with van der Waals surface area (Å²) in [6.45, 7) is 7.38. The van der Waals surface area contributed by atoms with Crippen LogP contribution in [0.1, 0.15) is 38.7 Å². The summed E-state index contributed by atoms with van der Waals surface area (Å²) in [5.74, 6) is 2.55. The first-order chi connectivity index (χ1) is 8.63. The van der Waals surface area contributed by atoms with Crippen molar-refractivity contribution >= 4 is 11.8 Å². The number of rotatable bonds is 8. The first kappa shape index (κ1) is 15.5. The minimum Gasteiger partial charge on any atom is -0.314 e.